The van der Waals surface area contributed by atoms with Crippen molar-refractivity contribution in [2.45, 2.75) is 57.7 Å². The molecule has 14 heavy (non-hydrogen) atoms. The highest BCUT2D eigenvalue weighted by molar-refractivity contribution is 4.91. The summed E-state index contributed by atoms with van der Waals surface area (Å²) in [5, 5.41) is 3.50. The molecule has 0 radical (unpaired) electrons. The Balaban J connectivity index is 1.98. The van der Waals surface area contributed by atoms with Gasteiger partial charge in [0.15, 0.2) is 0 Å². The van der Waals surface area contributed by atoms with E-state index in [0.717, 1.165) is 19.0 Å². The fourth-order valence-corrected chi connectivity index (χ4v) is 3.02. The second-order valence-electron chi connectivity index (χ2n) is 5.21. The van der Waals surface area contributed by atoms with Gasteiger partial charge < -0.3 is 10.1 Å². The zero-order chi connectivity index (χ0) is 10.0. The lowest BCUT2D eigenvalue weighted by Gasteiger charge is -2.45. The predicted molar refractivity (Wildman–Crippen MR) is 58.4 cm³/mol. The Morgan fingerprint density at radius 3 is 2.57 bits per heavy atom. The fourth-order valence-electron chi connectivity index (χ4n) is 3.02. The lowest BCUT2D eigenvalue weighted by molar-refractivity contribution is -0.136. The Kier molecular flexibility index (Phi) is 3.13. The highest BCUT2D eigenvalue weighted by Gasteiger charge is 2.39. The third kappa shape index (κ3) is 2.12. The van der Waals surface area contributed by atoms with E-state index >= 15 is 0 Å². The molecule has 1 N–H and O–H groups in total. The summed E-state index contributed by atoms with van der Waals surface area (Å²) in [6.45, 7) is 6.53. The van der Waals surface area contributed by atoms with Gasteiger partial charge in [-0.25, -0.2) is 0 Å². The molecule has 0 aromatic carbocycles. The first kappa shape index (κ1) is 10.4. The molecule has 1 aliphatic carbocycles. The smallest absolute Gasteiger partial charge is 0.0810 e. The summed E-state index contributed by atoms with van der Waals surface area (Å²) in [5.41, 5.74) is 0.109. The minimum Gasteiger partial charge on any atom is -0.369 e. The Morgan fingerprint density at radius 1 is 1.21 bits per heavy atom. The molecule has 1 saturated carbocycles. The number of nitrogens with one attached hydrogen (secondary N) is 1. The largest absolute Gasteiger partial charge is 0.369 e. The van der Waals surface area contributed by atoms with Gasteiger partial charge in [0.25, 0.3) is 0 Å². The molecule has 0 spiro atoms. The third-order valence-corrected chi connectivity index (χ3v) is 3.85. The summed E-state index contributed by atoms with van der Waals surface area (Å²) in [7, 11) is 0. The Bertz CT molecular complexity index is 189. The van der Waals surface area contributed by atoms with E-state index in [0.29, 0.717) is 6.10 Å². The molecule has 2 rings (SSSR count). The molecular formula is C12H23NO. The van der Waals surface area contributed by atoms with Crippen molar-refractivity contribution in [1.29, 1.82) is 0 Å². The summed E-state index contributed by atoms with van der Waals surface area (Å²) in [5.74, 6) is 0.784. The zero-order valence-electron chi connectivity index (χ0n) is 9.51. The van der Waals surface area contributed by atoms with Crippen molar-refractivity contribution in [3.8, 4) is 0 Å². The Labute approximate surface area is 87.4 Å². The second kappa shape index (κ2) is 4.19. The number of rotatable bonds is 1. The topological polar surface area (TPSA) is 21.3 Å². The van der Waals surface area contributed by atoms with Crippen LogP contribution in [0.1, 0.15) is 46.0 Å². The van der Waals surface area contributed by atoms with Gasteiger partial charge in [-0.1, -0.05) is 19.3 Å². The average molecular weight is 197 g/mol. The Morgan fingerprint density at radius 2 is 1.93 bits per heavy atom. The standard InChI is InChI=1S/C12H23NO/c1-10-8-13-9-12(2,14-10)11-6-4-3-5-7-11/h10-11,13H,3-9H2,1-2H3. The molecule has 0 aromatic heterocycles. The lowest BCUT2D eigenvalue weighted by atomic mass is 9.77. The maximum absolute atomic E-state index is 6.15. The highest BCUT2D eigenvalue weighted by atomic mass is 16.5. The van der Waals surface area contributed by atoms with E-state index in [4.69, 9.17) is 4.74 Å². The first-order chi connectivity index (χ1) is 6.71. The van der Waals surface area contributed by atoms with Gasteiger partial charge in [0.1, 0.15) is 0 Å². The van der Waals surface area contributed by atoms with Crippen LogP contribution in [-0.4, -0.2) is 24.8 Å². The molecule has 1 saturated heterocycles. The molecule has 1 aliphatic heterocycles. The summed E-state index contributed by atoms with van der Waals surface area (Å²) in [4.78, 5) is 0. The van der Waals surface area contributed by atoms with Gasteiger partial charge in [-0.15, -0.1) is 0 Å². The minimum absolute atomic E-state index is 0.109. The number of morpholine rings is 1. The van der Waals surface area contributed by atoms with Crippen LogP contribution < -0.4 is 5.32 Å². The second-order valence-corrected chi connectivity index (χ2v) is 5.21. The van der Waals surface area contributed by atoms with Crippen molar-refractivity contribution in [3.05, 3.63) is 0 Å². The van der Waals surface area contributed by atoms with Crippen LogP contribution in [0.5, 0.6) is 0 Å². The van der Waals surface area contributed by atoms with Gasteiger partial charge in [-0.3, -0.25) is 0 Å². The molecule has 1 heterocycles. The minimum atomic E-state index is 0.109. The van der Waals surface area contributed by atoms with Crippen molar-refractivity contribution >= 4 is 0 Å². The molecule has 2 unspecified atom stereocenters. The Hall–Kier alpha value is -0.0800. The maximum Gasteiger partial charge on any atom is 0.0810 e. The van der Waals surface area contributed by atoms with Crippen LogP contribution in [0.25, 0.3) is 0 Å². The maximum atomic E-state index is 6.15. The third-order valence-electron chi connectivity index (χ3n) is 3.85. The molecule has 2 fully saturated rings. The molecule has 0 bridgehead atoms. The van der Waals surface area contributed by atoms with Crippen LogP contribution in [0.15, 0.2) is 0 Å². The zero-order valence-corrected chi connectivity index (χ0v) is 9.51. The van der Waals surface area contributed by atoms with Gasteiger partial charge in [-0.2, -0.15) is 0 Å². The van der Waals surface area contributed by atoms with Crippen LogP contribution in [0, 0.1) is 5.92 Å². The van der Waals surface area contributed by atoms with Gasteiger partial charge in [0, 0.05) is 13.1 Å². The molecule has 2 heteroatoms. The van der Waals surface area contributed by atoms with Crippen LogP contribution in [0.2, 0.25) is 0 Å². The average Bonchev–Trinajstić information content (AvgIpc) is 2.19. The van der Waals surface area contributed by atoms with E-state index in [1.165, 1.54) is 32.1 Å². The summed E-state index contributed by atoms with van der Waals surface area (Å²) in [6.07, 6.45) is 7.34. The van der Waals surface area contributed by atoms with Crippen LogP contribution >= 0.6 is 0 Å². The quantitative estimate of drug-likeness (QED) is 0.696. The molecule has 0 aromatic rings. The summed E-state index contributed by atoms with van der Waals surface area (Å²) < 4.78 is 6.15. The van der Waals surface area contributed by atoms with Gasteiger partial charge in [0.05, 0.1) is 11.7 Å². The van der Waals surface area contributed by atoms with Crippen molar-refractivity contribution in [2.75, 3.05) is 13.1 Å². The monoisotopic (exact) mass is 197 g/mol. The van der Waals surface area contributed by atoms with Crippen molar-refractivity contribution in [1.82, 2.24) is 5.32 Å². The highest BCUT2D eigenvalue weighted by Crippen LogP contribution is 2.36. The number of hydrogen-bond acceptors (Lipinski definition) is 2. The predicted octanol–water partition coefficient (Wildman–Crippen LogP) is 2.33. The van der Waals surface area contributed by atoms with Crippen molar-refractivity contribution < 1.29 is 4.74 Å². The van der Waals surface area contributed by atoms with Crippen molar-refractivity contribution in [2.24, 2.45) is 5.92 Å². The normalized spacial score (nSPS) is 41.1. The van der Waals surface area contributed by atoms with E-state index < -0.39 is 0 Å². The molecular weight excluding hydrogens is 174 g/mol. The van der Waals surface area contributed by atoms with E-state index in [-0.39, 0.29) is 5.60 Å². The van der Waals surface area contributed by atoms with E-state index in [2.05, 4.69) is 19.2 Å². The summed E-state index contributed by atoms with van der Waals surface area (Å²) >= 11 is 0. The lowest BCUT2D eigenvalue weighted by Crippen LogP contribution is -2.55. The van der Waals surface area contributed by atoms with E-state index in [1.807, 2.05) is 0 Å². The first-order valence-electron chi connectivity index (χ1n) is 6.09. The number of ether oxygens (including phenoxy) is 1. The van der Waals surface area contributed by atoms with Crippen LogP contribution in [-0.2, 0) is 4.74 Å². The molecule has 2 atom stereocenters. The molecule has 82 valence electrons. The van der Waals surface area contributed by atoms with Gasteiger partial charge >= 0.3 is 0 Å². The van der Waals surface area contributed by atoms with E-state index in [1.54, 1.807) is 0 Å². The van der Waals surface area contributed by atoms with E-state index in [9.17, 15) is 0 Å². The van der Waals surface area contributed by atoms with Crippen molar-refractivity contribution in [3.63, 3.8) is 0 Å². The van der Waals surface area contributed by atoms with Crippen LogP contribution in [0.3, 0.4) is 0 Å². The summed E-state index contributed by atoms with van der Waals surface area (Å²) in [6, 6.07) is 0. The molecule has 2 aliphatic rings. The van der Waals surface area contributed by atoms with Gasteiger partial charge in [-0.05, 0) is 32.6 Å². The first-order valence-corrected chi connectivity index (χ1v) is 6.09. The van der Waals surface area contributed by atoms with Crippen LogP contribution in [0.4, 0.5) is 0 Å². The fraction of sp³-hybridized carbons (Fsp3) is 1.00. The molecule has 2 nitrogen and oxygen atoms in total. The van der Waals surface area contributed by atoms with Gasteiger partial charge in [0.2, 0.25) is 0 Å². The molecule has 0 amide bonds. The SMILES string of the molecule is CC1CNCC(C)(C2CCCCC2)O1. The number of hydrogen-bond donors (Lipinski definition) is 1.